The van der Waals surface area contributed by atoms with Gasteiger partial charge in [0.25, 0.3) is 5.91 Å². The van der Waals surface area contributed by atoms with Crippen LogP contribution in [0.2, 0.25) is 0 Å². The smallest absolute Gasteiger partial charge is 0.251 e. The van der Waals surface area contributed by atoms with Crippen LogP contribution in [0.25, 0.3) is 0 Å². The molecule has 1 aliphatic carbocycles. The summed E-state index contributed by atoms with van der Waals surface area (Å²) in [6, 6.07) is 3.46. The third-order valence-corrected chi connectivity index (χ3v) is 4.00. The summed E-state index contributed by atoms with van der Waals surface area (Å²) in [7, 11) is 1.71. The molecule has 0 aromatic carbocycles. The summed E-state index contributed by atoms with van der Waals surface area (Å²) in [6.45, 7) is 6.02. The Labute approximate surface area is 113 Å². The average molecular weight is 263 g/mol. The highest BCUT2D eigenvalue weighted by atomic mass is 16.5. The molecule has 2 atom stereocenters. The van der Waals surface area contributed by atoms with Crippen molar-refractivity contribution in [3.63, 3.8) is 0 Å². The first-order chi connectivity index (χ1) is 8.84. The van der Waals surface area contributed by atoms with E-state index in [1.807, 2.05) is 6.92 Å². The van der Waals surface area contributed by atoms with Gasteiger partial charge in [-0.3, -0.25) is 4.79 Å². The zero-order valence-electron chi connectivity index (χ0n) is 11.9. The van der Waals surface area contributed by atoms with E-state index in [2.05, 4.69) is 24.1 Å². The Balaban J connectivity index is 2.06. The third kappa shape index (κ3) is 2.56. The van der Waals surface area contributed by atoms with Gasteiger partial charge in [-0.25, -0.2) is 4.98 Å². The summed E-state index contributed by atoms with van der Waals surface area (Å²) in [4.78, 5) is 16.3. The second-order valence-electron chi connectivity index (χ2n) is 5.73. The molecule has 5 nitrogen and oxygen atoms in total. The van der Waals surface area contributed by atoms with Gasteiger partial charge >= 0.3 is 0 Å². The molecule has 1 aromatic heterocycles. The van der Waals surface area contributed by atoms with Crippen LogP contribution in [0, 0.1) is 12.3 Å². The van der Waals surface area contributed by atoms with Gasteiger partial charge in [0, 0.05) is 29.8 Å². The number of aromatic nitrogens is 1. The van der Waals surface area contributed by atoms with Crippen molar-refractivity contribution in [2.45, 2.75) is 39.3 Å². The second kappa shape index (κ2) is 4.81. The molecule has 1 aromatic rings. The number of nitrogen functional groups attached to an aromatic ring is 1. The number of ether oxygens (including phenoxy) is 1. The molecule has 1 amide bonds. The molecule has 19 heavy (non-hydrogen) atoms. The zero-order valence-corrected chi connectivity index (χ0v) is 11.9. The summed E-state index contributed by atoms with van der Waals surface area (Å²) in [5.74, 6) is 0.262. The molecule has 1 fully saturated rings. The number of nitrogens with one attached hydrogen (secondary N) is 1. The van der Waals surface area contributed by atoms with Gasteiger partial charge in [0.1, 0.15) is 5.82 Å². The normalized spacial score (nSPS) is 24.6. The number of aryl methyl sites for hydroxylation is 1. The Morgan fingerprint density at radius 1 is 1.53 bits per heavy atom. The van der Waals surface area contributed by atoms with Gasteiger partial charge in [-0.1, -0.05) is 13.8 Å². The lowest BCUT2D eigenvalue weighted by Gasteiger charge is -2.51. The number of carbonyl (C=O) groups is 1. The van der Waals surface area contributed by atoms with Crippen molar-refractivity contribution in [3.05, 3.63) is 23.4 Å². The van der Waals surface area contributed by atoms with Gasteiger partial charge in [0.2, 0.25) is 0 Å². The summed E-state index contributed by atoms with van der Waals surface area (Å²) in [5, 5.41) is 3.04. The highest BCUT2D eigenvalue weighted by Crippen LogP contribution is 2.42. The van der Waals surface area contributed by atoms with Crippen LogP contribution in [0.3, 0.4) is 0 Å². The number of rotatable bonds is 3. The molecule has 3 N–H and O–H groups in total. The lowest BCUT2D eigenvalue weighted by atomic mass is 9.64. The molecule has 1 heterocycles. The van der Waals surface area contributed by atoms with Crippen LogP contribution in [0.5, 0.6) is 0 Å². The number of pyridine rings is 1. The highest BCUT2D eigenvalue weighted by molar-refractivity contribution is 5.95. The largest absolute Gasteiger partial charge is 0.384 e. The molecule has 0 radical (unpaired) electrons. The number of anilines is 1. The fourth-order valence-corrected chi connectivity index (χ4v) is 2.60. The van der Waals surface area contributed by atoms with Gasteiger partial charge in [-0.15, -0.1) is 0 Å². The van der Waals surface area contributed by atoms with E-state index in [1.165, 1.54) is 0 Å². The highest BCUT2D eigenvalue weighted by Gasteiger charge is 2.49. The van der Waals surface area contributed by atoms with Crippen LogP contribution in [-0.2, 0) is 4.74 Å². The van der Waals surface area contributed by atoms with Crippen LogP contribution in [0.15, 0.2) is 12.1 Å². The van der Waals surface area contributed by atoms with E-state index in [0.29, 0.717) is 11.4 Å². The Bertz CT molecular complexity index is 479. The zero-order chi connectivity index (χ0) is 14.2. The Morgan fingerprint density at radius 2 is 2.21 bits per heavy atom. The third-order valence-electron chi connectivity index (χ3n) is 4.00. The number of nitrogens with zero attached hydrogens (tertiary/aromatic N) is 1. The molecule has 1 saturated carbocycles. The minimum absolute atomic E-state index is 0.0436. The number of hydrogen-bond donors (Lipinski definition) is 2. The molecule has 0 spiro atoms. The van der Waals surface area contributed by atoms with Gasteiger partial charge in [-0.2, -0.15) is 0 Å². The standard InChI is InChI=1S/C14H21N3O2/c1-8-5-9(6-12(15)16-8)13(18)17-10-7-11(19-4)14(10,2)3/h5-6,10-11H,7H2,1-4H3,(H2,15,16)(H,17,18). The maximum absolute atomic E-state index is 12.2. The minimum atomic E-state index is -0.107. The van der Waals surface area contributed by atoms with Crippen LogP contribution in [0.1, 0.15) is 36.3 Å². The number of carbonyl (C=O) groups excluding carboxylic acids is 1. The second-order valence-corrected chi connectivity index (χ2v) is 5.73. The number of amides is 1. The van der Waals surface area contributed by atoms with Gasteiger partial charge < -0.3 is 15.8 Å². The maximum Gasteiger partial charge on any atom is 0.251 e. The summed E-state index contributed by atoms with van der Waals surface area (Å²) in [5.41, 5.74) is 6.92. The first-order valence-electron chi connectivity index (χ1n) is 6.42. The van der Waals surface area contributed by atoms with Crippen molar-refractivity contribution >= 4 is 11.7 Å². The van der Waals surface area contributed by atoms with E-state index in [1.54, 1.807) is 19.2 Å². The summed E-state index contributed by atoms with van der Waals surface area (Å²) < 4.78 is 5.38. The van der Waals surface area contributed by atoms with Crippen molar-refractivity contribution in [1.29, 1.82) is 0 Å². The number of nitrogens with two attached hydrogens (primary N) is 1. The van der Waals surface area contributed by atoms with Crippen molar-refractivity contribution in [2.75, 3.05) is 12.8 Å². The average Bonchev–Trinajstić information content (AvgIpc) is 2.32. The molecule has 2 rings (SSSR count). The molecule has 0 saturated heterocycles. The molecular weight excluding hydrogens is 242 g/mol. The lowest BCUT2D eigenvalue weighted by Crippen LogP contribution is -2.61. The van der Waals surface area contributed by atoms with E-state index < -0.39 is 0 Å². The van der Waals surface area contributed by atoms with E-state index >= 15 is 0 Å². The topological polar surface area (TPSA) is 77.2 Å². The Morgan fingerprint density at radius 3 is 2.74 bits per heavy atom. The van der Waals surface area contributed by atoms with E-state index in [-0.39, 0.29) is 23.5 Å². The molecule has 0 aliphatic heterocycles. The SMILES string of the molecule is COC1CC(NC(=O)c2cc(C)nc(N)c2)C1(C)C. The molecule has 1 aliphatic rings. The monoisotopic (exact) mass is 263 g/mol. The molecular formula is C14H21N3O2. The maximum atomic E-state index is 12.2. The number of methoxy groups -OCH3 is 1. The molecule has 104 valence electrons. The van der Waals surface area contributed by atoms with Gasteiger partial charge in [0.05, 0.1) is 6.10 Å². The minimum Gasteiger partial charge on any atom is -0.384 e. The molecule has 2 unspecified atom stereocenters. The lowest BCUT2D eigenvalue weighted by molar-refractivity contribution is -0.0942. The first-order valence-corrected chi connectivity index (χ1v) is 6.42. The fraction of sp³-hybridized carbons (Fsp3) is 0.571. The fourth-order valence-electron chi connectivity index (χ4n) is 2.60. The Kier molecular flexibility index (Phi) is 3.49. The molecule has 5 heteroatoms. The quantitative estimate of drug-likeness (QED) is 0.866. The van der Waals surface area contributed by atoms with Crippen LogP contribution < -0.4 is 11.1 Å². The van der Waals surface area contributed by atoms with E-state index in [0.717, 1.165) is 12.1 Å². The van der Waals surface area contributed by atoms with Crippen LogP contribution in [0.4, 0.5) is 5.82 Å². The van der Waals surface area contributed by atoms with E-state index in [9.17, 15) is 4.79 Å². The van der Waals surface area contributed by atoms with Crippen molar-refractivity contribution in [2.24, 2.45) is 5.41 Å². The van der Waals surface area contributed by atoms with Crippen LogP contribution >= 0.6 is 0 Å². The number of hydrogen-bond acceptors (Lipinski definition) is 4. The van der Waals surface area contributed by atoms with Gasteiger partial charge in [-0.05, 0) is 25.5 Å². The summed E-state index contributed by atoms with van der Waals surface area (Å²) in [6.07, 6.45) is 1.04. The molecule has 0 bridgehead atoms. The van der Waals surface area contributed by atoms with Crippen molar-refractivity contribution < 1.29 is 9.53 Å². The van der Waals surface area contributed by atoms with Crippen LogP contribution in [-0.4, -0.2) is 30.1 Å². The summed E-state index contributed by atoms with van der Waals surface area (Å²) >= 11 is 0. The predicted molar refractivity (Wildman–Crippen MR) is 73.8 cm³/mol. The van der Waals surface area contributed by atoms with Gasteiger partial charge in [0.15, 0.2) is 0 Å². The predicted octanol–water partition coefficient (Wildman–Crippen LogP) is 1.52. The first kappa shape index (κ1) is 13.8. The van der Waals surface area contributed by atoms with Crippen molar-refractivity contribution in [1.82, 2.24) is 10.3 Å². The van der Waals surface area contributed by atoms with Crippen molar-refractivity contribution in [3.8, 4) is 0 Å². The van der Waals surface area contributed by atoms with E-state index in [4.69, 9.17) is 10.5 Å². The Hall–Kier alpha value is -1.62.